The Morgan fingerprint density at radius 3 is 2.71 bits per heavy atom. The molecule has 2 aromatic heterocycles. The SMILES string of the molecule is O=C(c1cc2c([nH]c1=O)CCCC2)N1CCc2[nH]nc(-c3ccccc3)c2C1. The fourth-order valence-electron chi connectivity index (χ4n) is 4.31. The third-order valence-electron chi connectivity index (χ3n) is 5.84. The van der Waals surface area contributed by atoms with Crippen molar-refractivity contribution in [2.75, 3.05) is 6.54 Å². The third-order valence-corrected chi connectivity index (χ3v) is 5.84. The van der Waals surface area contributed by atoms with E-state index >= 15 is 0 Å². The molecule has 1 aliphatic carbocycles. The summed E-state index contributed by atoms with van der Waals surface area (Å²) in [5.74, 6) is -0.194. The van der Waals surface area contributed by atoms with Crippen LogP contribution in [0.25, 0.3) is 11.3 Å². The number of H-pyrrole nitrogens is 2. The molecule has 0 radical (unpaired) electrons. The highest BCUT2D eigenvalue weighted by atomic mass is 16.2. The number of pyridine rings is 1. The van der Waals surface area contributed by atoms with Crippen LogP contribution in [0, 0.1) is 0 Å². The molecule has 1 amide bonds. The Bertz CT molecular complexity index is 1100. The smallest absolute Gasteiger partial charge is 0.261 e. The molecular formula is C22H22N4O2. The number of amides is 1. The van der Waals surface area contributed by atoms with Crippen LogP contribution in [-0.4, -0.2) is 32.5 Å². The molecule has 2 aliphatic rings. The van der Waals surface area contributed by atoms with Crippen molar-refractivity contribution >= 4 is 5.91 Å². The van der Waals surface area contributed by atoms with E-state index in [1.165, 1.54) is 0 Å². The first-order valence-corrected chi connectivity index (χ1v) is 9.86. The zero-order valence-electron chi connectivity index (χ0n) is 15.6. The van der Waals surface area contributed by atoms with E-state index in [9.17, 15) is 9.59 Å². The molecule has 0 saturated carbocycles. The number of nitrogens with zero attached hydrogens (tertiary/aromatic N) is 2. The molecule has 0 fully saturated rings. The highest BCUT2D eigenvalue weighted by Crippen LogP contribution is 2.29. The molecule has 2 N–H and O–H groups in total. The van der Waals surface area contributed by atoms with Gasteiger partial charge in [0.25, 0.3) is 11.5 Å². The van der Waals surface area contributed by atoms with Gasteiger partial charge < -0.3 is 9.88 Å². The molecule has 0 bridgehead atoms. The Balaban J connectivity index is 1.46. The van der Waals surface area contributed by atoms with Crippen molar-refractivity contribution in [1.82, 2.24) is 20.1 Å². The molecule has 5 rings (SSSR count). The first-order chi connectivity index (χ1) is 13.7. The summed E-state index contributed by atoms with van der Waals surface area (Å²) in [6.07, 6.45) is 4.73. The zero-order chi connectivity index (χ0) is 19.1. The zero-order valence-corrected chi connectivity index (χ0v) is 15.6. The maximum atomic E-state index is 13.2. The van der Waals surface area contributed by atoms with Crippen molar-refractivity contribution in [3.05, 3.63) is 74.8 Å². The number of aromatic nitrogens is 3. The van der Waals surface area contributed by atoms with Crippen LogP contribution in [0.1, 0.15) is 45.7 Å². The molecule has 3 heterocycles. The number of nitrogens with one attached hydrogen (secondary N) is 2. The fraction of sp³-hybridized carbons (Fsp3) is 0.318. The number of hydrogen-bond acceptors (Lipinski definition) is 3. The van der Waals surface area contributed by atoms with Crippen LogP contribution in [0.3, 0.4) is 0 Å². The number of aryl methyl sites for hydroxylation is 2. The van der Waals surface area contributed by atoms with Crippen LogP contribution in [0.4, 0.5) is 0 Å². The molecule has 6 heteroatoms. The molecule has 3 aromatic rings. The lowest BCUT2D eigenvalue weighted by atomic mass is 9.94. The lowest BCUT2D eigenvalue weighted by molar-refractivity contribution is 0.0732. The predicted molar refractivity (Wildman–Crippen MR) is 106 cm³/mol. The van der Waals surface area contributed by atoms with Gasteiger partial charge in [-0.2, -0.15) is 5.10 Å². The fourth-order valence-corrected chi connectivity index (χ4v) is 4.31. The molecule has 1 aliphatic heterocycles. The summed E-state index contributed by atoms with van der Waals surface area (Å²) >= 11 is 0. The molecule has 0 saturated heterocycles. The van der Waals surface area contributed by atoms with Crippen LogP contribution in [-0.2, 0) is 25.8 Å². The molecule has 28 heavy (non-hydrogen) atoms. The highest BCUT2D eigenvalue weighted by molar-refractivity contribution is 5.94. The van der Waals surface area contributed by atoms with Crippen molar-refractivity contribution in [3.63, 3.8) is 0 Å². The average Bonchev–Trinajstić information content (AvgIpc) is 3.16. The van der Waals surface area contributed by atoms with Crippen LogP contribution >= 0.6 is 0 Å². The van der Waals surface area contributed by atoms with Crippen molar-refractivity contribution < 1.29 is 4.79 Å². The maximum absolute atomic E-state index is 13.2. The minimum Gasteiger partial charge on any atom is -0.334 e. The van der Waals surface area contributed by atoms with E-state index in [0.717, 1.165) is 59.5 Å². The van der Waals surface area contributed by atoms with Crippen LogP contribution < -0.4 is 5.56 Å². The normalized spacial score (nSPS) is 15.8. The van der Waals surface area contributed by atoms with Gasteiger partial charge in [-0.15, -0.1) is 0 Å². The molecule has 6 nitrogen and oxygen atoms in total. The van der Waals surface area contributed by atoms with Crippen LogP contribution in [0.15, 0.2) is 41.2 Å². The second kappa shape index (κ2) is 6.78. The van der Waals surface area contributed by atoms with Gasteiger partial charge in [0.1, 0.15) is 5.56 Å². The summed E-state index contributed by atoms with van der Waals surface area (Å²) in [6, 6.07) is 11.8. The van der Waals surface area contributed by atoms with E-state index in [2.05, 4.69) is 15.2 Å². The van der Waals surface area contributed by atoms with Gasteiger partial charge in [-0.1, -0.05) is 30.3 Å². The van der Waals surface area contributed by atoms with E-state index in [0.29, 0.717) is 19.5 Å². The molecular weight excluding hydrogens is 352 g/mol. The first-order valence-electron chi connectivity index (χ1n) is 9.86. The van der Waals surface area contributed by atoms with E-state index in [1.807, 2.05) is 36.4 Å². The average molecular weight is 374 g/mol. The largest absolute Gasteiger partial charge is 0.334 e. The minimum atomic E-state index is -0.271. The van der Waals surface area contributed by atoms with Gasteiger partial charge in [-0.05, 0) is 37.3 Å². The molecule has 0 spiro atoms. The van der Waals surface area contributed by atoms with Crippen molar-refractivity contribution in [1.29, 1.82) is 0 Å². The van der Waals surface area contributed by atoms with Crippen LogP contribution in [0.2, 0.25) is 0 Å². The minimum absolute atomic E-state index is 0.194. The Kier molecular flexibility index (Phi) is 4.11. The molecule has 0 unspecified atom stereocenters. The summed E-state index contributed by atoms with van der Waals surface area (Å²) in [4.78, 5) is 30.4. The number of carbonyl (C=O) groups excluding carboxylic acids is 1. The Morgan fingerprint density at radius 1 is 1.04 bits per heavy atom. The summed E-state index contributed by atoms with van der Waals surface area (Å²) in [5.41, 5.74) is 6.12. The summed E-state index contributed by atoms with van der Waals surface area (Å²) < 4.78 is 0. The summed E-state index contributed by atoms with van der Waals surface area (Å²) in [7, 11) is 0. The third kappa shape index (κ3) is 2.85. The van der Waals surface area contributed by atoms with Gasteiger partial charge >= 0.3 is 0 Å². The van der Waals surface area contributed by atoms with Gasteiger partial charge in [0, 0.05) is 42.0 Å². The number of benzene rings is 1. The second-order valence-corrected chi connectivity index (χ2v) is 7.60. The quantitative estimate of drug-likeness (QED) is 0.724. The monoisotopic (exact) mass is 374 g/mol. The number of hydrogen-bond donors (Lipinski definition) is 2. The highest BCUT2D eigenvalue weighted by Gasteiger charge is 2.28. The first kappa shape index (κ1) is 17.0. The Morgan fingerprint density at radius 2 is 1.86 bits per heavy atom. The maximum Gasteiger partial charge on any atom is 0.261 e. The van der Waals surface area contributed by atoms with Crippen molar-refractivity contribution in [2.45, 2.75) is 38.6 Å². The van der Waals surface area contributed by atoms with Gasteiger partial charge in [0.2, 0.25) is 0 Å². The Labute approximate surface area is 162 Å². The van der Waals surface area contributed by atoms with E-state index in [-0.39, 0.29) is 17.0 Å². The summed E-state index contributed by atoms with van der Waals surface area (Å²) in [5, 5.41) is 7.60. The lowest BCUT2D eigenvalue weighted by Gasteiger charge is -2.27. The Hall–Kier alpha value is -3.15. The summed E-state index contributed by atoms with van der Waals surface area (Å²) in [6.45, 7) is 1.05. The van der Waals surface area contributed by atoms with Crippen molar-refractivity contribution in [3.8, 4) is 11.3 Å². The van der Waals surface area contributed by atoms with Crippen molar-refractivity contribution in [2.24, 2.45) is 0 Å². The topological polar surface area (TPSA) is 81.9 Å². The number of aromatic amines is 2. The number of rotatable bonds is 2. The second-order valence-electron chi connectivity index (χ2n) is 7.60. The van der Waals surface area contributed by atoms with Gasteiger partial charge in [-0.3, -0.25) is 14.7 Å². The van der Waals surface area contributed by atoms with Gasteiger partial charge in [0.15, 0.2) is 0 Å². The lowest BCUT2D eigenvalue weighted by Crippen LogP contribution is -2.39. The van der Waals surface area contributed by atoms with Gasteiger partial charge in [-0.25, -0.2) is 0 Å². The standard InChI is InChI=1S/C22H22N4O2/c27-21-16(12-15-8-4-5-9-18(15)23-21)22(28)26-11-10-19-17(13-26)20(25-24-19)14-6-2-1-3-7-14/h1-3,6-7,12H,4-5,8-11,13H2,(H,23,27)(H,24,25). The molecule has 0 atom stereocenters. The van der Waals surface area contributed by atoms with Crippen LogP contribution in [0.5, 0.6) is 0 Å². The van der Waals surface area contributed by atoms with E-state index < -0.39 is 0 Å². The molecule has 142 valence electrons. The number of fused-ring (bicyclic) bond motifs is 2. The van der Waals surface area contributed by atoms with E-state index in [4.69, 9.17) is 0 Å². The predicted octanol–water partition coefficient (Wildman–Crippen LogP) is 2.84. The van der Waals surface area contributed by atoms with E-state index in [1.54, 1.807) is 4.90 Å². The number of carbonyl (C=O) groups is 1. The van der Waals surface area contributed by atoms with Gasteiger partial charge in [0.05, 0.1) is 5.69 Å². The molecule has 1 aromatic carbocycles.